The molecule has 1 saturated heterocycles. The van der Waals surface area contributed by atoms with Crippen molar-refractivity contribution in [3.63, 3.8) is 0 Å². The molecule has 0 aliphatic carbocycles. The van der Waals surface area contributed by atoms with Crippen LogP contribution in [0, 0.1) is 5.41 Å². The van der Waals surface area contributed by atoms with Gasteiger partial charge in [0.05, 0.1) is 12.6 Å². The van der Waals surface area contributed by atoms with Crippen LogP contribution in [0.1, 0.15) is 31.9 Å². The fourth-order valence-corrected chi connectivity index (χ4v) is 3.42. The zero-order valence-corrected chi connectivity index (χ0v) is 15.8. The summed E-state index contributed by atoms with van der Waals surface area (Å²) in [5.41, 5.74) is 6.79. The summed E-state index contributed by atoms with van der Waals surface area (Å²) in [5, 5.41) is 4.14. The highest BCUT2D eigenvalue weighted by molar-refractivity contribution is 6.35. The minimum Gasteiger partial charge on any atom is -0.348 e. The molecule has 1 aromatic carbocycles. The van der Waals surface area contributed by atoms with Crippen LogP contribution in [0.4, 0.5) is 0 Å². The van der Waals surface area contributed by atoms with Crippen molar-refractivity contribution < 1.29 is 4.79 Å². The Labute approximate surface area is 154 Å². The summed E-state index contributed by atoms with van der Waals surface area (Å²) < 4.78 is 0. The Morgan fingerprint density at radius 1 is 1.48 bits per heavy atom. The standard InChI is InChI=1S/C16H23Cl2N3O.ClH/c1-11(13-4-3-12(17)7-14(13)18)20-15(22)8-21-6-5-16(2,9-19)10-21;/h3-4,7,11H,5-6,8-10,19H2,1-2H3,(H,20,22);1H. The molecule has 2 rings (SSSR count). The molecule has 7 heteroatoms. The van der Waals surface area contributed by atoms with Gasteiger partial charge < -0.3 is 11.1 Å². The fourth-order valence-electron chi connectivity index (χ4n) is 2.85. The molecule has 3 N–H and O–H groups in total. The smallest absolute Gasteiger partial charge is 0.234 e. The number of nitrogens with one attached hydrogen (secondary N) is 1. The van der Waals surface area contributed by atoms with Gasteiger partial charge in [-0.15, -0.1) is 12.4 Å². The molecule has 0 bridgehead atoms. The van der Waals surface area contributed by atoms with Crippen molar-refractivity contribution in [2.45, 2.75) is 26.3 Å². The molecule has 1 aliphatic heterocycles. The van der Waals surface area contributed by atoms with Gasteiger partial charge in [0.15, 0.2) is 0 Å². The Balaban J connectivity index is 0.00000264. The van der Waals surface area contributed by atoms with E-state index in [9.17, 15) is 4.79 Å². The van der Waals surface area contributed by atoms with E-state index < -0.39 is 0 Å². The van der Waals surface area contributed by atoms with E-state index >= 15 is 0 Å². The average Bonchev–Trinajstić information content (AvgIpc) is 2.80. The van der Waals surface area contributed by atoms with Gasteiger partial charge in [-0.1, -0.05) is 36.2 Å². The summed E-state index contributed by atoms with van der Waals surface area (Å²) in [6.45, 7) is 6.92. The molecule has 1 aromatic rings. The minimum atomic E-state index is -0.152. The van der Waals surface area contributed by atoms with E-state index in [1.54, 1.807) is 12.1 Å². The number of likely N-dealkylation sites (tertiary alicyclic amines) is 1. The third kappa shape index (κ3) is 5.50. The van der Waals surface area contributed by atoms with Gasteiger partial charge in [0.1, 0.15) is 0 Å². The van der Waals surface area contributed by atoms with Crippen LogP contribution in [0.5, 0.6) is 0 Å². The average molecular weight is 381 g/mol. The van der Waals surface area contributed by atoms with E-state index in [1.807, 2.05) is 13.0 Å². The first-order valence-corrected chi connectivity index (χ1v) is 8.25. The van der Waals surface area contributed by atoms with Crippen LogP contribution in [0.25, 0.3) is 0 Å². The predicted octanol–water partition coefficient (Wildman–Crippen LogP) is 3.26. The second kappa shape index (κ2) is 8.54. The second-order valence-electron chi connectivity index (χ2n) is 6.43. The number of halogens is 3. The highest BCUT2D eigenvalue weighted by atomic mass is 35.5. The quantitative estimate of drug-likeness (QED) is 0.824. The van der Waals surface area contributed by atoms with Crippen molar-refractivity contribution in [2.75, 3.05) is 26.2 Å². The van der Waals surface area contributed by atoms with Gasteiger partial charge in [0, 0.05) is 16.6 Å². The molecule has 0 spiro atoms. The second-order valence-corrected chi connectivity index (χ2v) is 7.27. The fraction of sp³-hybridized carbons (Fsp3) is 0.562. The number of carbonyl (C=O) groups is 1. The third-order valence-corrected chi connectivity index (χ3v) is 4.87. The molecule has 0 saturated carbocycles. The molecule has 2 atom stereocenters. The molecule has 23 heavy (non-hydrogen) atoms. The zero-order chi connectivity index (χ0) is 16.3. The highest BCUT2D eigenvalue weighted by Gasteiger charge is 2.33. The van der Waals surface area contributed by atoms with Crippen molar-refractivity contribution in [3.8, 4) is 0 Å². The van der Waals surface area contributed by atoms with Crippen LogP contribution >= 0.6 is 35.6 Å². The molecule has 1 amide bonds. The van der Waals surface area contributed by atoms with Crippen molar-refractivity contribution in [1.29, 1.82) is 0 Å². The van der Waals surface area contributed by atoms with Gasteiger partial charge in [-0.2, -0.15) is 0 Å². The maximum Gasteiger partial charge on any atom is 0.234 e. The van der Waals surface area contributed by atoms with E-state index in [4.69, 9.17) is 28.9 Å². The molecular formula is C16H24Cl3N3O. The Morgan fingerprint density at radius 2 is 2.17 bits per heavy atom. The lowest BCUT2D eigenvalue weighted by Crippen LogP contribution is -2.39. The SMILES string of the molecule is CC(NC(=O)CN1CCC(C)(CN)C1)c1ccc(Cl)cc1Cl.Cl. The van der Waals surface area contributed by atoms with Crippen molar-refractivity contribution in [2.24, 2.45) is 11.1 Å². The first-order chi connectivity index (χ1) is 10.3. The first kappa shape index (κ1) is 20.5. The van der Waals surface area contributed by atoms with Gasteiger partial charge in [-0.25, -0.2) is 0 Å². The lowest BCUT2D eigenvalue weighted by molar-refractivity contribution is -0.122. The third-order valence-electron chi connectivity index (χ3n) is 4.30. The summed E-state index contributed by atoms with van der Waals surface area (Å²) in [6, 6.07) is 5.16. The highest BCUT2D eigenvalue weighted by Crippen LogP contribution is 2.28. The Kier molecular flexibility index (Phi) is 7.62. The van der Waals surface area contributed by atoms with E-state index in [-0.39, 0.29) is 29.8 Å². The van der Waals surface area contributed by atoms with Gasteiger partial charge in [0.2, 0.25) is 5.91 Å². The van der Waals surface area contributed by atoms with Crippen LogP contribution in [-0.2, 0) is 4.79 Å². The number of rotatable bonds is 5. The molecule has 0 aromatic heterocycles. The van der Waals surface area contributed by atoms with Crippen LogP contribution < -0.4 is 11.1 Å². The Morgan fingerprint density at radius 3 is 2.74 bits per heavy atom. The first-order valence-electron chi connectivity index (χ1n) is 7.50. The normalized spacial score (nSPS) is 22.5. The van der Waals surface area contributed by atoms with E-state index in [1.165, 1.54) is 0 Å². The van der Waals surface area contributed by atoms with Crippen LogP contribution in [0.3, 0.4) is 0 Å². The number of benzene rings is 1. The molecule has 130 valence electrons. The van der Waals surface area contributed by atoms with Gasteiger partial charge in [0.25, 0.3) is 0 Å². The van der Waals surface area contributed by atoms with Crippen LogP contribution in [-0.4, -0.2) is 37.0 Å². The van der Waals surface area contributed by atoms with Crippen molar-refractivity contribution in [3.05, 3.63) is 33.8 Å². The van der Waals surface area contributed by atoms with Crippen molar-refractivity contribution >= 4 is 41.5 Å². The maximum absolute atomic E-state index is 12.2. The number of amides is 1. The summed E-state index contributed by atoms with van der Waals surface area (Å²) in [7, 11) is 0. The summed E-state index contributed by atoms with van der Waals surface area (Å²) in [5.74, 6) is -0.000196. The number of hydrogen-bond donors (Lipinski definition) is 2. The van der Waals surface area contributed by atoms with Crippen molar-refractivity contribution in [1.82, 2.24) is 10.2 Å². The van der Waals surface area contributed by atoms with Gasteiger partial charge in [-0.05, 0) is 49.5 Å². The lowest BCUT2D eigenvalue weighted by Gasteiger charge is -2.23. The molecule has 1 aliphatic rings. The predicted molar refractivity (Wildman–Crippen MR) is 98.5 cm³/mol. The topological polar surface area (TPSA) is 58.4 Å². The molecule has 1 fully saturated rings. The number of nitrogens with zero attached hydrogens (tertiary/aromatic N) is 1. The molecule has 0 radical (unpaired) electrons. The zero-order valence-electron chi connectivity index (χ0n) is 13.4. The van der Waals surface area contributed by atoms with E-state index in [2.05, 4.69) is 17.1 Å². The minimum absolute atomic E-state index is 0. The summed E-state index contributed by atoms with van der Waals surface area (Å²) >= 11 is 12.1. The van der Waals surface area contributed by atoms with E-state index in [0.717, 1.165) is 25.1 Å². The number of hydrogen-bond acceptors (Lipinski definition) is 3. The van der Waals surface area contributed by atoms with Crippen LogP contribution in [0.15, 0.2) is 18.2 Å². The molecule has 4 nitrogen and oxygen atoms in total. The molecular weight excluding hydrogens is 357 g/mol. The Hall–Kier alpha value is -0.520. The number of nitrogens with two attached hydrogens (primary N) is 1. The largest absolute Gasteiger partial charge is 0.348 e. The number of carbonyl (C=O) groups excluding carboxylic acids is 1. The van der Waals surface area contributed by atoms with Gasteiger partial charge in [-0.3, -0.25) is 9.69 Å². The molecule has 2 unspecified atom stereocenters. The summed E-state index contributed by atoms with van der Waals surface area (Å²) in [6.07, 6.45) is 1.04. The summed E-state index contributed by atoms with van der Waals surface area (Å²) in [4.78, 5) is 14.4. The monoisotopic (exact) mass is 379 g/mol. The maximum atomic E-state index is 12.2. The van der Waals surface area contributed by atoms with Gasteiger partial charge >= 0.3 is 0 Å². The molecule has 1 heterocycles. The van der Waals surface area contributed by atoms with Crippen LogP contribution in [0.2, 0.25) is 10.0 Å². The Bertz CT molecular complexity index is 555. The lowest BCUT2D eigenvalue weighted by atomic mass is 9.90. The van der Waals surface area contributed by atoms with E-state index in [0.29, 0.717) is 23.1 Å².